The molecule has 2 rings (SSSR count). The van der Waals surface area contributed by atoms with Gasteiger partial charge in [-0.05, 0) is 56.3 Å². The van der Waals surface area contributed by atoms with Gasteiger partial charge in [-0.3, -0.25) is 0 Å². The number of ether oxygens (including phenoxy) is 1. The number of urea groups is 1. The third-order valence-corrected chi connectivity index (χ3v) is 4.69. The minimum Gasteiger partial charge on any atom is -0.497 e. The summed E-state index contributed by atoms with van der Waals surface area (Å²) in [7, 11) is 3.59. The number of hydrogen-bond acceptors (Lipinski definition) is 3. The fraction of sp³-hybridized carbons (Fsp3) is 0.632. The van der Waals surface area contributed by atoms with E-state index < -0.39 is 0 Å². The monoisotopic (exact) mass is 333 g/mol. The molecule has 0 saturated carbocycles. The normalized spacial score (nSPS) is 18.2. The second-order valence-electron chi connectivity index (χ2n) is 6.62. The molecule has 1 saturated heterocycles. The van der Waals surface area contributed by atoms with Crippen molar-refractivity contribution in [1.29, 1.82) is 0 Å². The van der Waals surface area contributed by atoms with E-state index in [1.165, 1.54) is 18.4 Å². The first-order chi connectivity index (χ1) is 11.6. The van der Waals surface area contributed by atoms with E-state index in [0.29, 0.717) is 12.5 Å². The summed E-state index contributed by atoms with van der Waals surface area (Å²) >= 11 is 0. The predicted molar refractivity (Wildman–Crippen MR) is 97.6 cm³/mol. The van der Waals surface area contributed by atoms with Crippen LogP contribution in [0.1, 0.15) is 25.3 Å². The molecule has 1 heterocycles. The lowest BCUT2D eigenvalue weighted by molar-refractivity contribution is 0.146. The second-order valence-corrected chi connectivity index (χ2v) is 6.62. The van der Waals surface area contributed by atoms with E-state index in [2.05, 4.69) is 22.3 Å². The number of hydrogen-bond donors (Lipinski definition) is 1. The number of carbonyl (C=O) groups is 1. The molecule has 0 spiro atoms. The molecule has 24 heavy (non-hydrogen) atoms. The predicted octanol–water partition coefficient (Wildman–Crippen LogP) is 2.61. The molecule has 1 aliphatic heterocycles. The SMILES string of the molecule is CCNC(=O)N(C)CC1CCCN(CCc2ccc(OC)cc2)C1. The highest BCUT2D eigenvalue weighted by Gasteiger charge is 2.22. The van der Waals surface area contributed by atoms with Gasteiger partial charge < -0.3 is 19.9 Å². The van der Waals surface area contributed by atoms with Crippen LogP contribution in [0.25, 0.3) is 0 Å². The van der Waals surface area contributed by atoms with Crippen LogP contribution >= 0.6 is 0 Å². The molecule has 134 valence electrons. The summed E-state index contributed by atoms with van der Waals surface area (Å²) in [5, 5.41) is 2.87. The summed E-state index contributed by atoms with van der Waals surface area (Å²) < 4.78 is 5.20. The lowest BCUT2D eigenvalue weighted by Crippen LogP contribution is -2.44. The molecule has 1 aromatic carbocycles. The second kappa shape index (κ2) is 9.52. The number of nitrogens with one attached hydrogen (secondary N) is 1. The number of methoxy groups -OCH3 is 1. The molecule has 1 aliphatic rings. The Balaban J connectivity index is 1.76. The number of nitrogens with zero attached hydrogens (tertiary/aromatic N) is 2. The van der Waals surface area contributed by atoms with Crippen molar-refractivity contribution in [2.45, 2.75) is 26.2 Å². The molecule has 0 radical (unpaired) electrons. The first-order valence-electron chi connectivity index (χ1n) is 8.96. The summed E-state index contributed by atoms with van der Waals surface area (Å²) in [4.78, 5) is 16.2. The fourth-order valence-corrected chi connectivity index (χ4v) is 3.34. The Hall–Kier alpha value is -1.75. The van der Waals surface area contributed by atoms with E-state index in [0.717, 1.165) is 38.3 Å². The van der Waals surface area contributed by atoms with Crippen LogP contribution in [0.15, 0.2) is 24.3 Å². The van der Waals surface area contributed by atoms with Gasteiger partial charge in [0.05, 0.1) is 7.11 Å². The first kappa shape index (κ1) is 18.6. The summed E-state index contributed by atoms with van der Waals surface area (Å²) in [6.45, 7) is 6.80. The van der Waals surface area contributed by atoms with Gasteiger partial charge in [-0.1, -0.05) is 12.1 Å². The van der Waals surface area contributed by atoms with Gasteiger partial charge >= 0.3 is 6.03 Å². The molecule has 1 fully saturated rings. The van der Waals surface area contributed by atoms with Crippen LogP contribution < -0.4 is 10.1 Å². The molecule has 1 N–H and O–H groups in total. The Morgan fingerprint density at radius 3 is 2.79 bits per heavy atom. The van der Waals surface area contributed by atoms with Crippen LogP contribution in [0.4, 0.5) is 4.79 Å². The topological polar surface area (TPSA) is 44.8 Å². The number of amides is 2. The van der Waals surface area contributed by atoms with Crippen molar-refractivity contribution in [3.05, 3.63) is 29.8 Å². The first-order valence-corrected chi connectivity index (χ1v) is 8.96. The highest BCUT2D eigenvalue weighted by atomic mass is 16.5. The van der Waals surface area contributed by atoms with Crippen LogP contribution in [0.3, 0.4) is 0 Å². The zero-order valence-electron chi connectivity index (χ0n) is 15.3. The smallest absolute Gasteiger partial charge is 0.317 e. The molecule has 0 bridgehead atoms. The Morgan fingerprint density at radius 1 is 1.38 bits per heavy atom. The van der Waals surface area contributed by atoms with Gasteiger partial charge in [0, 0.05) is 33.2 Å². The van der Waals surface area contributed by atoms with E-state index >= 15 is 0 Å². The van der Waals surface area contributed by atoms with Crippen LogP contribution in [0.5, 0.6) is 5.75 Å². The van der Waals surface area contributed by atoms with E-state index in [9.17, 15) is 4.79 Å². The van der Waals surface area contributed by atoms with Gasteiger partial charge in [-0.25, -0.2) is 4.79 Å². The minimum atomic E-state index is 0.0351. The Bertz CT molecular complexity index is 504. The van der Waals surface area contributed by atoms with E-state index in [-0.39, 0.29) is 6.03 Å². The van der Waals surface area contributed by atoms with Gasteiger partial charge in [0.15, 0.2) is 0 Å². The van der Waals surface area contributed by atoms with Crippen LogP contribution in [0.2, 0.25) is 0 Å². The maximum atomic E-state index is 11.9. The molecule has 1 atom stereocenters. The van der Waals surface area contributed by atoms with Crippen LogP contribution in [-0.2, 0) is 6.42 Å². The molecule has 1 aromatic rings. The van der Waals surface area contributed by atoms with E-state index in [1.807, 2.05) is 31.0 Å². The van der Waals surface area contributed by atoms with Gasteiger partial charge in [-0.2, -0.15) is 0 Å². The quantitative estimate of drug-likeness (QED) is 0.834. The lowest BCUT2D eigenvalue weighted by Gasteiger charge is -2.34. The average molecular weight is 333 g/mol. The van der Waals surface area contributed by atoms with Crippen LogP contribution in [-0.4, -0.2) is 62.7 Å². The average Bonchev–Trinajstić information content (AvgIpc) is 2.61. The third kappa shape index (κ3) is 5.71. The maximum absolute atomic E-state index is 11.9. The molecule has 0 aromatic heterocycles. The van der Waals surface area contributed by atoms with Gasteiger partial charge in [0.25, 0.3) is 0 Å². The summed E-state index contributed by atoms with van der Waals surface area (Å²) in [5.41, 5.74) is 1.34. The molecule has 5 nitrogen and oxygen atoms in total. The number of piperidine rings is 1. The van der Waals surface area contributed by atoms with E-state index in [1.54, 1.807) is 7.11 Å². The van der Waals surface area contributed by atoms with Crippen LogP contribution in [0, 0.1) is 5.92 Å². The molecular weight excluding hydrogens is 302 g/mol. The summed E-state index contributed by atoms with van der Waals surface area (Å²) in [6, 6.07) is 8.37. The maximum Gasteiger partial charge on any atom is 0.317 e. The van der Waals surface area contributed by atoms with Crippen molar-refractivity contribution in [3.63, 3.8) is 0 Å². The van der Waals surface area contributed by atoms with Gasteiger partial charge in [0.2, 0.25) is 0 Å². The molecule has 2 amide bonds. The van der Waals surface area contributed by atoms with Crippen molar-refractivity contribution in [1.82, 2.24) is 15.1 Å². The van der Waals surface area contributed by atoms with Gasteiger partial charge in [0.1, 0.15) is 5.75 Å². The molecule has 5 heteroatoms. The molecule has 1 unspecified atom stereocenters. The zero-order chi connectivity index (χ0) is 17.4. The van der Waals surface area contributed by atoms with E-state index in [4.69, 9.17) is 4.74 Å². The minimum absolute atomic E-state index is 0.0351. The Labute approximate surface area is 146 Å². The largest absolute Gasteiger partial charge is 0.497 e. The van der Waals surface area contributed by atoms with Crippen molar-refractivity contribution in [3.8, 4) is 5.75 Å². The summed E-state index contributed by atoms with van der Waals surface area (Å²) in [5.74, 6) is 1.48. The third-order valence-electron chi connectivity index (χ3n) is 4.69. The Morgan fingerprint density at radius 2 is 2.12 bits per heavy atom. The number of carbonyl (C=O) groups excluding carboxylic acids is 1. The fourth-order valence-electron chi connectivity index (χ4n) is 3.34. The standard InChI is InChI=1S/C19H31N3O2/c1-4-20-19(23)21(2)14-17-6-5-12-22(15-17)13-11-16-7-9-18(24-3)10-8-16/h7-10,17H,4-6,11-15H2,1-3H3,(H,20,23). The molecular formula is C19H31N3O2. The number of benzene rings is 1. The highest BCUT2D eigenvalue weighted by molar-refractivity contribution is 5.73. The number of rotatable bonds is 7. The highest BCUT2D eigenvalue weighted by Crippen LogP contribution is 2.18. The molecule has 0 aliphatic carbocycles. The van der Waals surface area contributed by atoms with Gasteiger partial charge in [-0.15, -0.1) is 0 Å². The zero-order valence-corrected chi connectivity index (χ0v) is 15.3. The summed E-state index contributed by atoms with van der Waals surface area (Å²) in [6.07, 6.45) is 3.49. The van der Waals surface area contributed by atoms with Crippen molar-refractivity contribution < 1.29 is 9.53 Å². The van der Waals surface area contributed by atoms with Crippen molar-refractivity contribution in [2.24, 2.45) is 5.92 Å². The number of likely N-dealkylation sites (tertiary alicyclic amines) is 1. The Kier molecular flexibility index (Phi) is 7.37. The lowest BCUT2D eigenvalue weighted by atomic mass is 9.97. The van der Waals surface area contributed by atoms with Crippen molar-refractivity contribution in [2.75, 3.05) is 46.9 Å². The van der Waals surface area contributed by atoms with Crippen molar-refractivity contribution >= 4 is 6.03 Å².